The van der Waals surface area contributed by atoms with E-state index in [-0.39, 0.29) is 23.1 Å². The van der Waals surface area contributed by atoms with Crippen LogP contribution < -0.4 is 0 Å². The van der Waals surface area contributed by atoms with Gasteiger partial charge >= 0.3 is 0 Å². The van der Waals surface area contributed by atoms with Crippen molar-refractivity contribution in [3.05, 3.63) is 63.8 Å². The lowest BCUT2D eigenvalue weighted by Crippen LogP contribution is -2.13. The number of aromatic hydroxyl groups is 1. The van der Waals surface area contributed by atoms with E-state index < -0.39 is 0 Å². The monoisotopic (exact) mass is 341 g/mol. The van der Waals surface area contributed by atoms with Crippen LogP contribution in [0.1, 0.15) is 27.2 Å². The molecule has 3 aromatic rings. The highest BCUT2D eigenvalue weighted by Gasteiger charge is 2.21. The molecular weight excluding hydrogens is 326 g/mol. The van der Waals surface area contributed by atoms with Crippen molar-refractivity contribution in [2.75, 3.05) is 0 Å². The number of nitrogens with zero attached hydrogens (tertiary/aromatic N) is 1. The number of carbonyl (C=O) groups is 2. The number of aldehydes is 1. The van der Waals surface area contributed by atoms with E-state index in [0.717, 1.165) is 11.8 Å². The summed E-state index contributed by atoms with van der Waals surface area (Å²) in [6.07, 6.45) is 0.950. The molecule has 0 bridgehead atoms. The first-order valence-electron chi connectivity index (χ1n) is 7.51. The fourth-order valence-corrected chi connectivity index (χ4v) is 3.07. The van der Waals surface area contributed by atoms with Crippen LogP contribution in [0.4, 0.5) is 0 Å². The molecule has 4 nitrogen and oxygen atoms in total. The Morgan fingerprint density at radius 2 is 1.88 bits per heavy atom. The van der Waals surface area contributed by atoms with E-state index in [1.807, 2.05) is 19.1 Å². The maximum Gasteiger partial charge on any atom is 0.262 e. The molecule has 24 heavy (non-hydrogen) atoms. The molecular formula is C19H16ClNO3. The first kappa shape index (κ1) is 16.3. The zero-order chi connectivity index (χ0) is 17.4. The molecule has 0 aliphatic rings. The summed E-state index contributed by atoms with van der Waals surface area (Å²) in [7, 11) is 0. The lowest BCUT2D eigenvalue weighted by atomic mass is 10.1. The van der Waals surface area contributed by atoms with Crippen molar-refractivity contribution in [3.8, 4) is 5.75 Å². The first-order chi connectivity index (χ1) is 11.4. The van der Waals surface area contributed by atoms with Crippen LogP contribution >= 0.6 is 11.6 Å². The number of phenols is 1. The number of aromatic nitrogens is 1. The van der Waals surface area contributed by atoms with Crippen molar-refractivity contribution in [1.82, 2.24) is 4.57 Å². The molecule has 3 rings (SSSR count). The number of phenolic OH excluding ortho intramolecular Hbond substituents is 1. The summed E-state index contributed by atoms with van der Waals surface area (Å²) in [5.74, 6) is -0.271. The molecule has 0 atom stereocenters. The lowest BCUT2D eigenvalue weighted by Gasteiger charge is -2.08. The molecule has 0 radical (unpaired) electrons. The molecule has 0 amide bonds. The fraction of sp³-hybridized carbons (Fsp3) is 0.158. The molecule has 0 fully saturated rings. The Kier molecular flexibility index (Phi) is 4.16. The van der Waals surface area contributed by atoms with Gasteiger partial charge in [0, 0.05) is 23.1 Å². The molecule has 2 aromatic carbocycles. The van der Waals surface area contributed by atoms with E-state index in [1.54, 1.807) is 29.7 Å². The average molecular weight is 342 g/mol. The van der Waals surface area contributed by atoms with E-state index in [1.165, 1.54) is 6.07 Å². The van der Waals surface area contributed by atoms with Gasteiger partial charge in [-0.2, -0.15) is 0 Å². The molecule has 122 valence electrons. The van der Waals surface area contributed by atoms with Gasteiger partial charge in [-0.1, -0.05) is 29.3 Å². The highest BCUT2D eigenvalue weighted by molar-refractivity contribution is 6.33. The van der Waals surface area contributed by atoms with Gasteiger partial charge in [0.2, 0.25) is 0 Å². The van der Waals surface area contributed by atoms with Gasteiger partial charge in [0.25, 0.3) is 5.91 Å². The van der Waals surface area contributed by atoms with Gasteiger partial charge in [-0.3, -0.25) is 9.36 Å². The van der Waals surface area contributed by atoms with Crippen molar-refractivity contribution in [3.63, 3.8) is 0 Å². The van der Waals surface area contributed by atoms with Crippen molar-refractivity contribution < 1.29 is 14.7 Å². The van der Waals surface area contributed by atoms with Crippen LogP contribution in [0.15, 0.2) is 36.4 Å². The summed E-state index contributed by atoms with van der Waals surface area (Å²) in [5.41, 5.74) is 3.58. The second-order valence-corrected chi connectivity index (χ2v) is 6.17. The number of aryl methyl sites for hydroxylation is 1. The Morgan fingerprint density at radius 3 is 2.50 bits per heavy atom. The highest BCUT2D eigenvalue weighted by Crippen LogP contribution is 2.34. The molecule has 5 heteroatoms. The second kappa shape index (κ2) is 6.13. The Labute approximate surface area is 144 Å². The fourth-order valence-electron chi connectivity index (χ4n) is 2.92. The van der Waals surface area contributed by atoms with Crippen molar-refractivity contribution in [2.24, 2.45) is 0 Å². The molecule has 0 spiro atoms. The highest BCUT2D eigenvalue weighted by atomic mass is 35.5. The third kappa shape index (κ3) is 2.59. The minimum Gasteiger partial charge on any atom is -0.506 e. The minimum absolute atomic E-state index is 0.0729. The van der Waals surface area contributed by atoms with Crippen LogP contribution in [0.3, 0.4) is 0 Å². The zero-order valence-corrected chi connectivity index (χ0v) is 14.1. The first-order valence-corrected chi connectivity index (χ1v) is 7.89. The van der Waals surface area contributed by atoms with Gasteiger partial charge in [-0.25, -0.2) is 0 Å². The third-order valence-corrected chi connectivity index (χ3v) is 4.50. The molecule has 0 unspecified atom stereocenters. The number of rotatable bonds is 3. The summed E-state index contributed by atoms with van der Waals surface area (Å²) >= 11 is 6.03. The maximum absolute atomic E-state index is 13.0. The minimum atomic E-state index is -0.198. The largest absolute Gasteiger partial charge is 0.506 e. The van der Waals surface area contributed by atoms with E-state index in [9.17, 15) is 14.7 Å². The predicted octanol–water partition coefficient (Wildman–Crippen LogP) is 4.05. The summed E-state index contributed by atoms with van der Waals surface area (Å²) in [5, 5.41) is 10.7. The van der Waals surface area contributed by atoms with Crippen LogP contribution in [0.5, 0.6) is 5.75 Å². The number of benzene rings is 2. The Balaban J connectivity index is 2.28. The molecule has 1 aromatic heterocycles. The number of hydrogen-bond donors (Lipinski definition) is 1. The Hall–Kier alpha value is -2.59. The van der Waals surface area contributed by atoms with Gasteiger partial charge in [-0.15, -0.1) is 0 Å². The number of fused-ring (bicyclic) bond motifs is 1. The van der Waals surface area contributed by atoms with E-state index >= 15 is 0 Å². The van der Waals surface area contributed by atoms with Gasteiger partial charge in [0.15, 0.2) is 0 Å². The van der Waals surface area contributed by atoms with E-state index in [4.69, 9.17) is 11.6 Å². The SMILES string of the molecule is Cc1ccc(C(=O)n2c(C)c(CC=O)c3cc(O)c(Cl)cc32)cc1. The van der Waals surface area contributed by atoms with Crippen molar-refractivity contribution >= 4 is 34.7 Å². The van der Waals surface area contributed by atoms with Crippen molar-refractivity contribution in [2.45, 2.75) is 20.3 Å². The normalized spacial score (nSPS) is 11.0. The number of halogens is 1. The number of carbonyl (C=O) groups excluding carboxylic acids is 2. The van der Waals surface area contributed by atoms with Crippen LogP contribution in [0, 0.1) is 13.8 Å². The lowest BCUT2D eigenvalue weighted by molar-refractivity contribution is -0.107. The van der Waals surface area contributed by atoms with Gasteiger partial charge in [0.1, 0.15) is 12.0 Å². The summed E-state index contributed by atoms with van der Waals surface area (Å²) < 4.78 is 1.55. The molecule has 0 aliphatic carbocycles. The van der Waals surface area contributed by atoms with Crippen LogP contribution in [0.2, 0.25) is 5.02 Å². The molecule has 0 saturated carbocycles. The third-order valence-electron chi connectivity index (χ3n) is 4.19. The van der Waals surface area contributed by atoms with Crippen LogP contribution in [0.25, 0.3) is 10.9 Å². The predicted molar refractivity (Wildman–Crippen MR) is 94.0 cm³/mol. The van der Waals surface area contributed by atoms with Crippen LogP contribution in [-0.4, -0.2) is 21.9 Å². The zero-order valence-electron chi connectivity index (χ0n) is 13.3. The Bertz CT molecular complexity index is 955. The standard InChI is InChI=1S/C19H16ClNO3/c1-11-3-5-13(6-4-11)19(24)21-12(2)14(7-8-22)15-9-18(23)16(20)10-17(15)21/h3-6,8-10,23H,7H2,1-2H3. The molecule has 1 heterocycles. The topological polar surface area (TPSA) is 59.3 Å². The summed E-state index contributed by atoms with van der Waals surface area (Å²) in [6, 6.07) is 10.3. The Morgan fingerprint density at radius 1 is 1.21 bits per heavy atom. The quantitative estimate of drug-likeness (QED) is 0.731. The summed E-state index contributed by atoms with van der Waals surface area (Å²) in [4.78, 5) is 24.0. The average Bonchev–Trinajstić information content (AvgIpc) is 2.80. The maximum atomic E-state index is 13.0. The van der Waals surface area contributed by atoms with Crippen molar-refractivity contribution in [1.29, 1.82) is 0 Å². The number of hydrogen-bond acceptors (Lipinski definition) is 3. The van der Waals surface area contributed by atoms with Crippen LogP contribution in [-0.2, 0) is 11.2 Å². The molecule has 0 saturated heterocycles. The smallest absolute Gasteiger partial charge is 0.262 e. The molecule has 1 N–H and O–H groups in total. The summed E-state index contributed by atoms with van der Waals surface area (Å²) in [6.45, 7) is 3.74. The van der Waals surface area contributed by atoms with Gasteiger partial charge in [0.05, 0.1) is 10.5 Å². The van der Waals surface area contributed by atoms with Gasteiger partial charge in [-0.05, 0) is 43.7 Å². The van der Waals surface area contributed by atoms with E-state index in [2.05, 4.69) is 0 Å². The second-order valence-electron chi connectivity index (χ2n) is 5.76. The van der Waals surface area contributed by atoms with E-state index in [0.29, 0.717) is 27.7 Å². The molecule has 0 aliphatic heterocycles. The van der Waals surface area contributed by atoms with Gasteiger partial charge < -0.3 is 9.90 Å².